The van der Waals surface area contributed by atoms with Gasteiger partial charge in [-0.15, -0.1) is 4.40 Å². The average molecular weight is 793 g/mol. The second-order valence-electron chi connectivity index (χ2n) is 12.8. The number of aromatic nitrogens is 4. The molecule has 4 heterocycles. The van der Waals surface area contributed by atoms with E-state index in [0.29, 0.717) is 18.4 Å². The molecule has 5 rings (SSSR count). The van der Waals surface area contributed by atoms with Gasteiger partial charge in [-0.25, -0.2) is 0 Å². The van der Waals surface area contributed by atoms with Gasteiger partial charge in [-0.1, -0.05) is 59.2 Å². The summed E-state index contributed by atoms with van der Waals surface area (Å²) in [5, 5.41) is 15.1. The molecule has 1 aliphatic carbocycles. The molecule has 24 heteroatoms. The summed E-state index contributed by atoms with van der Waals surface area (Å²) in [6.07, 6.45) is 7.41. The Morgan fingerprint density at radius 3 is 2.10 bits per heavy atom. The van der Waals surface area contributed by atoms with Gasteiger partial charge in [-0.05, 0) is 30.3 Å². The van der Waals surface area contributed by atoms with Crippen molar-refractivity contribution in [2.24, 2.45) is 15.7 Å². The van der Waals surface area contributed by atoms with E-state index in [1.54, 1.807) is 18.2 Å². The van der Waals surface area contributed by atoms with Gasteiger partial charge in [-0.2, -0.15) is 36.4 Å². The van der Waals surface area contributed by atoms with Gasteiger partial charge in [-0.3, -0.25) is 41.6 Å². The molecule has 3 aliphatic rings. The van der Waals surface area contributed by atoms with Crippen molar-refractivity contribution in [2.75, 3.05) is 4.72 Å². The molecule has 2 aromatic rings. The lowest BCUT2D eigenvalue weighted by molar-refractivity contribution is -0.118. The maximum absolute atomic E-state index is 12.0. The number of carbonyl (C=O) groups excluding carboxylic acids is 2. The number of nitrogens with zero attached hydrogens (tertiary/aromatic N) is 5. The first-order valence-corrected chi connectivity index (χ1v) is 21.1. The zero-order valence-electron chi connectivity index (χ0n) is 27.4. The van der Waals surface area contributed by atoms with Crippen LogP contribution in [0.5, 0.6) is 0 Å². The molecule has 20 nitrogen and oxygen atoms in total. The fraction of sp³-hybridized carbons (Fsp3) is 0.370. The Labute approximate surface area is 294 Å². The Morgan fingerprint density at radius 1 is 0.941 bits per heavy atom. The van der Waals surface area contributed by atoms with E-state index in [2.05, 4.69) is 30.0 Å². The highest BCUT2D eigenvalue weighted by Gasteiger charge is 2.32. The summed E-state index contributed by atoms with van der Waals surface area (Å²) in [6.45, 7) is 6.24. The topological polar surface area (TPSA) is 308 Å². The number of anilines is 1. The Kier molecular flexibility index (Phi) is 10.00. The monoisotopic (exact) mass is 792 g/mol. The van der Waals surface area contributed by atoms with Gasteiger partial charge >= 0.3 is 0 Å². The Balaban J connectivity index is 1.65. The van der Waals surface area contributed by atoms with Crippen LogP contribution in [0.1, 0.15) is 57.5 Å². The van der Waals surface area contributed by atoms with E-state index in [1.807, 2.05) is 13.8 Å². The quantitative estimate of drug-likeness (QED) is 0.164. The summed E-state index contributed by atoms with van der Waals surface area (Å²) >= 11 is 0. The standard InChI is InChI=1S/C27H36N8O12S4/c1-15(36)28-23-13-48(38,39)32-25-19(21(30-34(23)25)11-50(42,43)44)6-5-17-7-18(10-27(3,4)9-17)8-20-22(12-51(45,46)47)31-35-24(29-16(2)37)14-49(40,41)33-26(20)35/h5-8,13-14,18,32,38-41H,9-12H2,1-4H3,(H,28,36)(H,29,37)(H,42,43,44)(H,45,46,47). The molecule has 0 radical (unpaired) electrons. The second-order valence-corrected chi connectivity index (χ2v) is 18.9. The van der Waals surface area contributed by atoms with Gasteiger partial charge in [0, 0.05) is 24.6 Å². The molecule has 0 saturated heterocycles. The zero-order chi connectivity index (χ0) is 37.9. The van der Waals surface area contributed by atoms with E-state index in [9.17, 15) is 53.7 Å². The van der Waals surface area contributed by atoms with Gasteiger partial charge in [0.2, 0.25) is 11.8 Å². The van der Waals surface area contributed by atoms with E-state index in [4.69, 9.17) is 0 Å². The van der Waals surface area contributed by atoms with Gasteiger partial charge in [0.05, 0.1) is 22.2 Å². The first-order valence-electron chi connectivity index (χ1n) is 14.7. The van der Waals surface area contributed by atoms with E-state index in [-0.39, 0.29) is 45.1 Å². The molecule has 0 aromatic carbocycles. The molecule has 0 saturated carbocycles. The highest BCUT2D eigenvalue weighted by Crippen LogP contribution is 2.48. The zero-order valence-corrected chi connectivity index (χ0v) is 30.6. The van der Waals surface area contributed by atoms with E-state index in [0.717, 1.165) is 20.2 Å². The maximum atomic E-state index is 12.0. The van der Waals surface area contributed by atoms with Crippen LogP contribution >= 0.6 is 21.6 Å². The van der Waals surface area contributed by atoms with Crippen molar-refractivity contribution in [1.29, 1.82) is 0 Å². The molecule has 9 N–H and O–H groups in total. The van der Waals surface area contributed by atoms with Crippen molar-refractivity contribution in [2.45, 2.75) is 52.0 Å². The summed E-state index contributed by atoms with van der Waals surface area (Å²) in [4.78, 5) is 23.7. The lowest BCUT2D eigenvalue weighted by atomic mass is 9.72. The fourth-order valence-corrected chi connectivity index (χ4v) is 8.98. The molecule has 0 bridgehead atoms. The van der Waals surface area contributed by atoms with Gasteiger partial charge < -0.3 is 10.6 Å². The predicted octanol–water partition coefficient (Wildman–Crippen LogP) is 1.89. The molecule has 0 spiro atoms. The van der Waals surface area contributed by atoms with Crippen LogP contribution in [0, 0.1) is 11.3 Å². The fourth-order valence-electron chi connectivity index (χ4n) is 5.91. The first-order chi connectivity index (χ1) is 23.3. The van der Waals surface area contributed by atoms with Crippen LogP contribution in [0.4, 0.5) is 5.82 Å². The third-order valence-electron chi connectivity index (χ3n) is 7.43. The second kappa shape index (κ2) is 13.3. The number of fused-ring (bicyclic) bond motifs is 2. The Hall–Kier alpha value is -3.85. The average Bonchev–Trinajstić information content (AvgIpc) is 3.39. The van der Waals surface area contributed by atoms with Crippen LogP contribution in [0.3, 0.4) is 0 Å². The number of rotatable bonds is 9. The molecule has 0 fully saturated rings. The van der Waals surface area contributed by atoms with E-state index < -0.39 is 76.4 Å². The van der Waals surface area contributed by atoms with Crippen LogP contribution in [-0.4, -0.2) is 75.5 Å². The summed E-state index contributed by atoms with van der Waals surface area (Å²) in [6, 6.07) is 0. The number of hydrogen-bond acceptors (Lipinski definition) is 14. The highest BCUT2D eigenvalue weighted by atomic mass is 32.3. The Morgan fingerprint density at radius 2 is 1.51 bits per heavy atom. The van der Waals surface area contributed by atoms with Crippen LogP contribution in [0.2, 0.25) is 0 Å². The summed E-state index contributed by atoms with van der Waals surface area (Å²) < 4.78 is 118. The molecule has 2 aromatic heterocycles. The van der Waals surface area contributed by atoms with Crippen LogP contribution in [0.25, 0.3) is 23.8 Å². The smallest absolute Gasteiger partial charge is 0.270 e. The molecule has 2 amide bonds. The number of carbonyl (C=O) groups is 2. The van der Waals surface area contributed by atoms with Crippen molar-refractivity contribution in [3.05, 3.63) is 56.2 Å². The van der Waals surface area contributed by atoms with Crippen molar-refractivity contribution in [3.63, 3.8) is 0 Å². The molecule has 51 heavy (non-hydrogen) atoms. The lowest BCUT2D eigenvalue weighted by Crippen LogP contribution is -2.38. The van der Waals surface area contributed by atoms with Crippen molar-refractivity contribution in [1.82, 2.24) is 30.2 Å². The summed E-state index contributed by atoms with van der Waals surface area (Å²) in [5.41, 5.74) is -0.249. The minimum Gasteiger partial charge on any atom is -0.310 e. The maximum Gasteiger partial charge on any atom is 0.270 e. The Bertz CT molecular complexity index is 2300. The molecule has 2 aliphatic heterocycles. The SMILES string of the molecule is CC(=O)NC1=CS(O)(O)Nc2c(C=CC3=CC(C=c4c(CS(=O)(=O)O)nn5c4=NS(O)(O)C=C5NC(C)=O)CC(C)(C)C3)c(CS(=O)(=O)O)nn21. The van der Waals surface area contributed by atoms with Gasteiger partial charge in [0.25, 0.3) is 20.2 Å². The third kappa shape index (κ3) is 9.53. The normalized spacial score (nSPS) is 22.3. The van der Waals surface area contributed by atoms with Crippen LogP contribution in [0.15, 0.2) is 32.9 Å². The molecular weight excluding hydrogens is 757 g/mol. The third-order valence-corrected chi connectivity index (χ3v) is 10.7. The minimum absolute atomic E-state index is 0.0517. The van der Waals surface area contributed by atoms with Gasteiger partial charge in [0.1, 0.15) is 11.5 Å². The van der Waals surface area contributed by atoms with Crippen molar-refractivity contribution < 1.29 is 53.7 Å². The molecule has 280 valence electrons. The van der Waals surface area contributed by atoms with Crippen LogP contribution < -0.4 is 26.1 Å². The number of hydrogen-bond donors (Lipinski definition) is 9. The largest absolute Gasteiger partial charge is 0.310 e. The van der Waals surface area contributed by atoms with E-state index >= 15 is 0 Å². The van der Waals surface area contributed by atoms with Crippen molar-refractivity contribution >= 4 is 83.2 Å². The van der Waals surface area contributed by atoms with Crippen molar-refractivity contribution in [3.8, 4) is 0 Å². The number of nitrogens with one attached hydrogen (secondary N) is 3. The van der Waals surface area contributed by atoms with E-state index in [1.165, 1.54) is 19.9 Å². The van der Waals surface area contributed by atoms with Gasteiger partial charge in [0.15, 0.2) is 22.9 Å². The highest BCUT2D eigenvalue weighted by molar-refractivity contribution is 8.28. The number of allylic oxidation sites excluding steroid dienone is 3. The summed E-state index contributed by atoms with van der Waals surface area (Å²) in [5.74, 6) is -4.00. The molecule has 1 atom stereocenters. The minimum atomic E-state index is -4.65. The molecular formula is C27H36N8O12S4. The first kappa shape index (κ1) is 38.4. The lowest BCUT2D eigenvalue weighted by Gasteiger charge is -2.35. The molecule has 1 unspecified atom stereocenters. The summed E-state index contributed by atoms with van der Waals surface area (Å²) in [7, 11) is -16.8. The predicted molar refractivity (Wildman–Crippen MR) is 189 cm³/mol. The van der Waals surface area contributed by atoms with Crippen LogP contribution in [-0.2, 0) is 41.3 Å². The number of amides is 2.